The van der Waals surface area contributed by atoms with Gasteiger partial charge in [-0.25, -0.2) is 0 Å². The maximum absolute atomic E-state index is 12.9. The third-order valence-electron chi connectivity index (χ3n) is 6.28. The lowest BCUT2D eigenvalue weighted by molar-refractivity contribution is -0.121. The van der Waals surface area contributed by atoms with E-state index in [0.717, 1.165) is 23.4 Å². The monoisotopic (exact) mass is 470 g/mol. The van der Waals surface area contributed by atoms with Gasteiger partial charge in [0, 0.05) is 49.6 Å². The van der Waals surface area contributed by atoms with Crippen molar-refractivity contribution >= 4 is 16.8 Å². The predicted molar refractivity (Wildman–Crippen MR) is 141 cm³/mol. The summed E-state index contributed by atoms with van der Waals surface area (Å²) in [6.07, 6.45) is 2.57. The molecular formula is C30H34N2O3. The normalized spacial score (nSPS) is 12.0. The number of nitrogens with zero attached hydrogens (tertiary/aromatic N) is 1. The molecule has 1 N–H and O–H groups in total. The van der Waals surface area contributed by atoms with E-state index in [4.69, 9.17) is 9.47 Å². The summed E-state index contributed by atoms with van der Waals surface area (Å²) in [5, 5.41) is 4.16. The van der Waals surface area contributed by atoms with E-state index < -0.39 is 0 Å². The van der Waals surface area contributed by atoms with Crippen LogP contribution in [0.3, 0.4) is 0 Å². The largest absolute Gasteiger partial charge is 0.494 e. The van der Waals surface area contributed by atoms with Crippen LogP contribution < -0.4 is 10.1 Å². The Balaban J connectivity index is 1.72. The molecule has 0 spiro atoms. The van der Waals surface area contributed by atoms with E-state index in [-0.39, 0.29) is 11.8 Å². The summed E-state index contributed by atoms with van der Waals surface area (Å²) in [4.78, 5) is 12.9. The van der Waals surface area contributed by atoms with Gasteiger partial charge in [-0.15, -0.1) is 0 Å². The number of ether oxygens (including phenoxy) is 2. The second-order valence-corrected chi connectivity index (χ2v) is 8.82. The van der Waals surface area contributed by atoms with Crippen LogP contribution in [0.1, 0.15) is 41.5 Å². The first kappa shape index (κ1) is 24.6. The van der Waals surface area contributed by atoms with Gasteiger partial charge >= 0.3 is 0 Å². The highest BCUT2D eigenvalue weighted by Gasteiger charge is 2.23. The van der Waals surface area contributed by atoms with Gasteiger partial charge in [-0.05, 0) is 48.7 Å². The summed E-state index contributed by atoms with van der Waals surface area (Å²) in [5.41, 5.74) is 5.91. The standard InChI is InChI=1S/C30H34N2O3/c1-4-35-25-15-13-24(14-16-25)27(19-30(33)31-17-18-34-3)28-21-32(29-8-6-5-7-26(28)29)20-23-11-9-22(2)10-12-23/h5-16,21,27H,4,17-20H2,1-3H3,(H,31,33). The van der Waals surface area contributed by atoms with Crippen molar-refractivity contribution in [3.63, 3.8) is 0 Å². The first-order valence-electron chi connectivity index (χ1n) is 12.2. The van der Waals surface area contributed by atoms with Crippen LogP contribution in [-0.4, -0.2) is 37.3 Å². The predicted octanol–water partition coefficient (Wildman–Crippen LogP) is 5.68. The fourth-order valence-corrected chi connectivity index (χ4v) is 4.49. The molecule has 5 nitrogen and oxygen atoms in total. The number of fused-ring (bicyclic) bond motifs is 1. The highest BCUT2D eigenvalue weighted by molar-refractivity contribution is 5.86. The smallest absolute Gasteiger partial charge is 0.221 e. The van der Waals surface area contributed by atoms with Crippen molar-refractivity contribution in [2.75, 3.05) is 26.9 Å². The number of aromatic nitrogens is 1. The highest BCUT2D eigenvalue weighted by atomic mass is 16.5. The minimum absolute atomic E-state index is 0.0105. The molecule has 0 fully saturated rings. The summed E-state index contributed by atoms with van der Waals surface area (Å²) in [6, 6.07) is 25.2. The van der Waals surface area contributed by atoms with E-state index in [1.165, 1.54) is 22.0 Å². The molecule has 1 atom stereocenters. The molecule has 1 unspecified atom stereocenters. The number of nitrogens with one attached hydrogen (secondary N) is 1. The maximum atomic E-state index is 12.9. The van der Waals surface area contributed by atoms with E-state index in [1.807, 2.05) is 19.1 Å². The van der Waals surface area contributed by atoms with Gasteiger partial charge in [0.2, 0.25) is 5.91 Å². The van der Waals surface area contributed by atoms with Gasteiger partial charge in [0.05, 0.1) is 13.2 Å². The third-order valence-corrected chi connectivity index (χ3v) is 6.28. The number of para-hydroxylation sites is 1. The number of carbonyl (C=O) groups excluding carboxylic acids is 1. The summed E-state index contributed by atoms with van der Waals surface area (Å²) < 4.78 is 13.0. The lowest BCUT2D eigenvalue weighted by atomic mass is 9.88. The molecule has 0 aliphatic rings. The quantitative estimate of drug-likeness (QED) is 0.287. The fraction of sp³-hybridized carbons (Fsp3) is 0.300. The van der Waals surface area contributed by atoms with Crippen molar-refractivity contribution in [3.05, 3.63) is 101 Å². The van der Waals surface area contributed by atoms with Gasteiger partial charge < -0.3 is 19.4 Å². The van der Waals surface area contributed by atoms with Crippen LogP contribution in [0.25, 0.3) is 10.9 Å². The van der Waals surface area contributed by atoms with Gasteiger partial charge in [0.1, 0.15) is 5.75 Å². The van der Waals surface area contributed by atoms with E-state index in [0.29, 0.717) is 26.2 Å². The number of carbonyl (C=O) groups is 1. The van der Waals surface area contributed by atoms with Crippen LogP contribution in [0.5, 0.6) is 5.75 Å². The van der Waals surface area contributed by atoms with Crippen LogP contribution in [0, 0.1) is 6.92 Å². The van der Waals surface area contributed by atoms with Crippen LogP contribution in [0.15, 0.2) is 79.0 Å². The minimum atomic E-state index is -0.0858. The summed E-state index contributed by atoms with van der Waals surface area (Å²) in [6.45, 7) is 6.47. The van der Waals surface area contributed by atoms with Crippen molar-refractivity contribution in [1.29, 1.82) is 0 Å². The molecule has 4 aromatic rings. The Hall–Kier alpha value is -3.57. The number of rotatable bonds is 11. The molecule has 0 aliphatic carbocycles. The van der Waals surface area contributed by atoms with Crippen molar-refractivity contribution in [3.8, 4) is 5.75 Å². The van der Waals surface area contributed by atoms with E-state index >= 15 is 0 Å². The number of amides is 1. The number of hydrogen-bond donors (Lipinski definition) is 1. The van der Waals surface area contributed by atoms with Gasteiger partial charge in [-0.2, -0.15) is 0 Å². The highest BCUT2D eigenvalue weighted by Crippen LogP contribution is 2.35. The molecule has 1 amide bonds. The van der Waals surface area contributed by atoms with Crippen molar-refractivity contribution in [1.82, 2.24) is 9.88 Å². The van der Waals surface area contributed by atoms with E-state index in [2.05, 4.69) is 83.7 Å². The summed E-state index contributed by atoms with van der Waals surface area (Å²) in [7, 11) is 1.64. The molecule has 3 aromatic carbocycles. The minimum Gasteiger partial charge on any atom is -0.494 e. The van der Waals surface area contributed by atoms with Crippen LogP contribution >= 0.6 is 0 Å². The molecule has 0 saturated heterocycles. The molecule has 1 heterocycles. The zero-order valence-corrected chi connectivity index (χ0v) is 20.8. The lowest BCUT2D eigenvalue weighted by Crippen LogP contribution is -2.28. The summed E-state index contributed by atoms with van der Waals surface area (Å²) in [5.74, 6) is 0.759. The number of methoxy groups -OCH3 is 1. The molecule has 1 aromatic heterocycles. The van der Waals surface area contributed by atoms with Crippen LogP contribution in [-0.2, 0) is 16.1 Å². The first-order valence-corrected chi connectivity index (χ1v) is 12.2. The molecule has 0 radical (unpaired) electrons. The van der Waals surface area contributed by atoms with Gasteiger partial charge in [0.25, 0.3) is 0 Å². The molecule has 35 heavy (non-hydrogen) atoms. The zero-order valence-electron chi connectivity index (χ0n) is 20.8. The van der Waals surface area contributed by atoms with Crippen molar-refractivity contribution in [2.45, 2.75) is 32.7 Å². The first-order chi connectivity index (χ1) is 17.1. The summed E-state index contributed by atoms with van der Waals surface area (Å²) >= 11 is 0. The van der Waals surface area contributed by atoms with Gasteiger partial charge in [-0.1, -0.05) is 60.2 Å². The third kappa shape index (κ3) is 6.11. The van der Waals surface area contributed by atoms with Gasteiger partial charge in [0.15, 0.2) is 0 Å². The molecule has 0 bridgehead atoms. The zero-order chi connectivity index (χ0) is 24.6. The molecule has 4 rings (SSSR count). The fourth-order valence-electron chi connectivity index (χ4n) is 4.49. The van der Waals surface area contributed by atoms with Crippen LogP contribution in [0.2, 0.25) is 0 Å². The Kier molecular flexibility index (Phi) is 8.22. The number of aryl methyl sites for hydroxylation is 1. The SMILES string of the molecule is CCOc1ccc(C(CC(=O)NCCOC)c2cn(Cc3ccc(C)cc3)c3ccccc23)cc1. The second-order valence-electron chi connectivity index (χ2n) is 8.82. The lowest BCUT2D eigenvalue weighted by Gasteiger charge is -2.18. The topological polar surface area (TPSA) is 52.5 Å². The molecule has 182 valence electrons. The van der Waals surface area contributed by atoms with E-state index in [9.17, 15) is 4.79 Å². The molecular weight excluding hydrogens is 436 g/mol. The Bertz CT molecular complexity index is 1240. The Morgan fingerprint density at radius 1 is 1.00 bits per heavy atom. The second kappa shape index (κ2) is 11.7. The van der Waals surface area contributed by atoms with Gasteiger partial charge in [-0.3, -0.25) is 4.79 Å². The van der Waals surface area contributed by atoms with E-state index in [1.54, 1.807) is 7.11 Å². The maximum Gasteiger partial charge on any atom is 0.221 e. The Morgan fingerprint density at radius 2 is 1.74 bits per heavy atom. The van der Waals surface area contributed by atoms with Crippen molar-refractivity contribution < 1.29 is 14.3 Å². The average Bonchev–Trinajstić information content (AvgIpc) is 3.23. The Morgan fingerprint density at radius 3 is 2.46 bits per heavy atom. The Labute approximate surface area is 207 Å². The number of benzene rings is 3. The number of hydrogen-bond acceptors (Lipinski definition) is 3. The molecule has 0 aliphatic heterocycles. The average molecular weight is 471 g/mol. The molecule has 5 heteroatoms. The molecule has 0 saturated carbocycles. The van der Waals surface area contributed by atoms with Crippen molar-refractivity contribution in [2.24, 2.45) is 0 Å². The van der Waals surface area contributed by atoms with Crippen LogP contribution in [0.4, 0.5) is 0 Å².